The molecule has 3 N–H and O–H groups in total. The van der Waals surface area contributed by atoms with Crippen LogP contribution in [0.25, 0.3) is 0 Å². The molecule has 5 nitrogen and oxygen atoms in total. The van der Waals surface area contributed by atoms with E-state index in [-0.39, 0.29) is 24.0 Å². The maximum atomic E-state index is 11.0. The van der Waals surface area contributed by atoms with Crippen LogP contribution in [-0.4, -0.2) is 35.5 Å². The van der Waals surface area contributed by atoms with Gasteiger partial charge in [-0.25, -0.2) is 4.79 Å². The summed E-state index contributed by atoms with van der Waals surface area (Å²) < 4.78 is 0. The SMILES string of the molecule is NC1CC2C(=O)NC(=O)N2C1. The number of nitrogens with zero attached hydrogens (tertiary/aromatic N) is 1. The number of nitrogens with one attached hydrogen (secondary N) is 1. The summed E-state index contributed by atoms with van der Waals surface area (Å²) in [6.07, 6.45) is 0.595. The fraction of sp³-hybridized carbons (Fsp3) is 0.667. The van der Waals surface area contributed by atoms with Gasteiger partial charge in [0, 0.05) is 12.6 Å². The highest BCUT2D eigenvalue weighted by Crippen LogP contribution is 2.20. The predicted octanol–water partition coefficient (Wildman–Crippen LogP) is -1.36. The fourth-order valence-electron chi connectivity index (χ4n) is 1.60. The van der Waals surface area contributed by atoms with Gasteiger partial charge in [0.25, 0.3) is 5.91 Å². The number of fused-ring (bicyclic) bond motifs is 1. The lowest BCUT2D eigenvalue weighted by Gasteiger charge is -2.09. The topological polar surface area (TPSA) is 75.4 Å². The minimum absolute atomic E-state index is 0.0324. The average molecular weight is 155 g/mol. The lowest BCUT2D eigenvalue weighted by molar-refractivity contribution is -0.120. The van der Waals surface area contributed by atoms with Gasteiger partial charge in [0.2, 0.25) is 0 Å². The van der Waals surface area contributed by atoms with Crippen LogP contribution in [0.4, 0.5) is 4.79 Å². The zero-order valence-electron chi connectivity index (χ0n) is 5.91. The molecule has 2 aliphatic rings. The van der Waals surface area contributed by atoms with Crippen LogP contribution >= 0.6 is 0 Å². The molecule has 0 aromatic rings. The summed E-state index contributed by atoms with van der Waals surface area (Å²) in [6, 6.07) is -0.625. The minimum Gasteiger partial charge on any atom is -0.326 e. The molecule has 0 aromatic carbocycles. The Bertz CT molecular complexity index is 206. The van der Waals surface area contributed by atoms with Crippen LogP contribution in [0.5, 0.6) is 0 Å². The molecular weight excluding hydrogens is 146 g/mol. The van der Waals surface area contributed by atoms with Gasteiger partial charge in [0.05, 0.1) is 0 Å². The van der Waals surface area contributed by atoms with Crippen molar-refractivity contribution in [3.63, 3.8) is 0 Å². The largest absolute Gasteiger partial charge is 0.326 e. The van der Waals surface area contributed by atoms with Crippen LogP contribution in [0.3, 0.4) is 0 Å². The molecule has 2 saturated heterocycles. The molecule has 2 rings (SSSR count). The standard InChI is InChI=1S/C6H9N3O2/c7-3-1-4-5(10)8-6(11)9(4)2-3/h3-4H,1-2,7H2,(H,8,10,11). The highest BCUT2D eigenvalue weighted by Gasteiger charge is 2.44. The Morgan fingerprint density at radius 1 is 1.55 bits per heavy atom. The van der Waals surface area contributed by atoms with E-state index < -0.39 is 0 Å². The Kier molecular flexibility index (Phi) is 1.17. The number of carbonyl (C=O) groups excluding carboxylic acids is 2. The quantitative estimate of drug-likeness (QED) is 0.424. The minimum atomic E-state index is -0.298. The zero-order chi connectivity index (χ0) is 8.01. The van der Waals surface area contributed by atoms with Crippen LogP contribution < -0.4 is 11.1 Å². The number of amides is 3. The smallest absolute Gasteiger partial charge is 0.324 e. The summed E-state index contributed by atoms with van der Waals surface area (Å²) in [5.74, 6) is -0.206. The summed E-state index contributed by atoms with van der Waals surface area (Å²) in [5.41, 5.74) is 5.58. The molecular formula is C6H9N3O2. The maximum Gasteiger partial charge on any atom is 0.324 e. The highest BCUT2D eigenvalue weighted by molar-refractivity contribution is 6.04. The summed E-state index contributed by atoms with van der Waals surface area (Å²) in [6.45, 7) is 0.502. The van der Waals surface area contributed by atoms with E-state index in [1.54, 1.807) is 0 Å². The summed E-state index contributed by atoms with van der Waals surface area (Å²) in [5, 5.41) is 2.23. The number of hydrogen-bond donors (Lipinski definition) is 2. The van der Waals surface area contributed by atoms with Crippen molar-refractivity contribution < 1.29 is 9.59 Å². The lowest BCUT2D eigenvalue weighted by Crippen LogP contribution is -2.33. The predicted molar refractivity (Wildman–Crippen MR) is 36.6 cm³/mol. The van der Waals surface area contributed by atoms with Gasteiger partial charge in [-0.2, -0.15) is 0 Å². The molecule has 5 heteroatoms. The number of rotatable bonds is 0. The number of hydrogen-bond acceptors (Lipinski definition) is 3. The Balaban J connectivity index is 2.23. The van der Waals surface area contributed by atoms with Gasteiger partial charge in [-0.1, -0.05) is 0 Å². The van der Waals surface area contributed by atoms with Gasteiger partial charge in [-0.05, 0) is 6.42 Å². The van der Waals surface area contributed by atoms with Crippen LogP contribution in [0.15, 0.2) is 0 Å². The Morgan fingerprint density at radius 2 is 2.27 bits per heavy atom. The molecule has 60 valence electrons. The molecule has 2 aliphatic heterocycles. The second-order valence-corrected chi connectivity index (χ2v) is 2.96. The van der Waals surface area contributed by atoms with Gasteiger partial charge in [0.15, 0.2) is 0 Å². The zero-order valence-corrected chi connectivity index (χ0v) is 5.91. The van der Waals surface area contributed by atoms with Gasteiger partial charge in [-0.3, -0.25) is 10.1 Å². The van der Waals surface area contributed by atoms with Crippen LogP contribution in [0, 0.1) is 0 Å². The van der Waals surface area contributed by atoms with Crippen molar-refractivity contribution in [3.05, 3.63) is 0 Å². The monoisotopic (exact) mass is 155 g/mol. The van der Waals surface area contributed by atoms with Crippen molar-refractivity contribution in [1.29, 1.82) is 0 Å². The third-order valence-electron chi connectivity index (χ3n) is 2.13. The molecule has 0 aliphatic carbocycles. The number of nitrogens with two attached hydrogens (primary N) is 1. The van der Waals surface area contributed by atoms with Crippen LogP contribution in [0.2, 0.25) is 0 Å². The van der Waals surface area contributed by atoms with E-state index in [4.69, 9.17) is 5.73 Å². The molecule has 2 atom stereocenters. The molecule has 0 spiro atoms. The van der Waals surface area contributed by atoms with Crippen molar-refractivity contribution in [3.8, 4) is 0 Å². The van der Waals surface area contributed by atoms with Gasteiger partial charge >= 0.3 is 6.03 Å². The van der Waals surface area contributed by atoms with Crippen molar-refractivity contribution in [2.24, 2.45) is 5.73 Å². The molecule has 2 heterocycles. The molecule has 11 heavy (non-hydrogen) atoms. The fourth-order valence-corrected chi connectivity index (χ4v) is 1.60. The van der Waals surface area contributed by atoms with Gasteiger partial charge < -0.3 is 10.6 Å². The Labute approximate surface area is 63.5 Å². The second kappa shape index (κ2) is 1.94. The first kappa shape index (κ1) is 6.60. The molecule has 3 amide bonds. The average Bonchev–Trinajstić information content (AvgIpc) is 2.38. The first-order valence-electron chi connectivity index (χ1n) is 3.55. The number of imide groups is 1. The van der Waals surface area contributed by atoms with Crippen LogP contribution in [0.1, 0.15) is 6.42 Å². The first-order valence-corrected chi connectivity index (χ1v) is 3.55. The normalized spacial score (nSPS) is 35.9. The van der Waals surface area contributed by atoms with E-state index >= 15 is 0 Å². The molecule has 0 aromatic heterocycles. The molecule has 2 unspecified atom stereocenters. The molecule has 0 saturated carbocycles. The van der Waals surface area contributed by atoms with Crippen molar-refractivity contribution >= 4 is 11.9 Å². The third-order valence-corrected chi connectivity index (χ3v) is 2.13. The maximum absolute atomic E-state index is 11.0. The van der Waals surface area contributed by atoms with E-state index in [1.807, 2.05) is 0 Å². The van der Waals surface area contributed by atoms with Crippen molar-refractivity contribution in [2.75, 3.05) is 6.54 Å². The second-order valence-electron chi connectivity index (χ2n) is 2.96. The lowest BCUT2D eigenvalue weighted by atomic mass is 10.2. The molecule has 2 fully saturated rings. The van der Waals surface area contributed by atoms with Crippen molar-refractivity contribution in [2.45, 2.75) is 18.5 Å². The molecule has 0 bridgehead atoms. The third kappa shape index (κ3) is 0.808. The molecule has 0 radical (unpaired) electrons. The van der Waals surface area contributed by atoms with E-state index in [0.29, 0.717) is 13.0 Å². The van der Waals surface area contributed by atoms with Crippen molar-refractivity contribution in [1.82, 2.24) is 10.2 Å². The number of urea groups is 1. The number of carbonyl (C=O) groups is 2. The first-order chi connectivity index (χ1) is 5.18. The van der Waals surface area contributed by atoms with E-state index in [9.17, 15) is 9.59 Å². The summed E-state index contributed by atoms with van der Waals surface area (Å²) >= 11 is 0. The van der Waals surface area contributed by atoms with Gasteiger partial charge in [-0.15, -0.1) is 0 Å². The van der Waals surface area contributed by atoms with Gasteiger partial charge in [0.1, 0.15) is 6.04 Å². The summed E-state index contributed by atoms with van der Waals surface area (Å²) in [7, 11) is 0. The highest BCUT2D eigenvalue weighted by atomic mass is 16.2. The van der Waals surface area contributed by atoms with E-state index in [2.05, 4.69) is 5.32 Å². The van der Waals surface area contributed by atoms with E-state index in [0.717, 1.165) is 0 Å². The summed E-state index contributed by atoms with van der Waals surface area (Å²) in [4.78, 5) is 23.4. The van der Waals surface area contributed by atoms with Crippen LogP contribution in [-0.2, 0) is 4.79 Å². The van der Waals surface area contributed by atoms with E-state index in [1.165, 1.54) is 4.90 Å². The Morgan fingerprint density at radius 3 is 2.91 bits per heavy atom. The Hall–Kier alpha value is -1.10.